The zero-order valence-corrected chi connectivity index (χ0v) is 14.8. The Morgan fingerprint density at radius 1 is 1.10 bits per heavy atom. The summed E-state index contributed by atoms with van der Waals surface area (Å²) >= 11 is 1.99. The van der Waals surface area contributed by atoms with Crippen LogP contribution in [0.5, 0.6) is 0 Å². The van der Waals surface area contributed by atoms with Gasteiger partial charge < -0.3 is 13.3 Å². The summed E-state index contributed by atoms with van der Waals surface area (Å²) in [5.41, 5.74) is 0. The van der Waals surface area contributed by atoms with Crippen LogP contribution in [-0.2, 0) is 26.9 Å². The summed E-state index contributed by atoms with van der Waals surface area (Å²) in [4.78, 5) is 0. The lowest BCUT2D eigenvalue weighted by atomic mass is 10.5. The van der Waals surface area contributed by atoms with Crippen LogP contribution in [0.2, 0.25) is 6.04 Å². The summed E-state index contributed by atoms with van der Waals surface area (Å²) in [6, 6.07) is 0.886. The minimum absolute atomic E-state index is 0.886. The van der Waals surface area contributed by atoms with E-state index in [-0.39, 0.29) is 0 Å². The highest BCUT2D eigenvalue weighted by molar-refractivity contribution is 7.99. The zero-order valence-electron chi connectivity index (χ0n) is 13.0. The van der Waals surface area contributed by atoms with Crippen LogP contribution in [0.1, 0.15) is 12.8 Å². The van der Waals surface area contributed by atoms with E-state index < -0.39 is 8.80 Å². The van der Waals surface area contributed by atoms with Gasteiger partial charge in [-0.05, 0) is 24.3 Å². The van der Waals surface area contributed by atoms with Gasteiger partial charge in [-0.2, -0.15) is 11.8 Å². The van der Waals surface area contributed by atoms with E-state index in [1.807, 2.05) is 18.8 Å². The number of hydrogen-bond donors (Lipinski definition) is 0. The molecule has 7 heteroatoms. The van der Waals surface area contributed by atoms with Gasteiger partial charge in [0.25, 0.3) is 0 Å². The van der Waals surface area contributed by atoms with Gasteiger partial charge in [0.05, 0.1) is 13.6 Å². The van der Waals surface area contributed by atoms with Crippen LogP contribution in [-0.4, -0.2) is 46.2 Å². The molecule has 1 rings (SSSR count). The van der Waals surface area contributed by atoms with Crippen molar-refractivity contribution in [1.82, 2.24) is 4.57 Å². The second-order valence-corrected chi connectivity index (χ2v) is 9.00. The minimum Gasteiger partial charge on any atom is -0.377 e. The Kier molecular flexibility index (Phi) is 8.47. The Bertz CT molecular complexity index is 364. The van der Waals surface area contributed by atoms with Gasteiger partial charge in [-0.3, -0.25) is 0 Å². The van der Waals surface area contributed by atoms with Crippen LogP contribution >= 0.6 is 11.8 Å². The molecule has 0 aliphatic heterocycles. The van der Waals surface area contributed by atoms with Gasteiger partial charge in [0.2, 0.25) is 6.33 Å². The third-order valence-electron chi connectivity index (χ3n) is 3.23. The minimum atomic E-state index is -2.36. The first-order valence-corrected chi connectivity index (χ1v) is 9.98. The quantitative estimate of drug-likeness (QED) is 0.353. The van der Waals surface area contributed by atoms with Crippen molar-refractivity contribution in [3.63, 3.8) is 0 Å². The summed E-state index contributed by atoms with van der Waals surface area (Å²) in [5.74, 6) is 2.31. The van der Waals surface area contributed by atoms with Gasteiger partial charge in [-0.1, -0.05) is 0 Å². The Morgan fingerprint density at radius 2 is 1.75 bits per heavy atom. The van der Waals surface area contributed by atoms with E-state index in [1.54, 1.807) is 21.3 Å². The largest absolute Gasteiger partial charge is 0.500 e. The molecule has 0 spiro atoms. The first kappa shape index (κ1) is 17.7. The van der Waals surface area contributed by atoms with Gasteiger partial charge in [0, 0.05) is 27.4 Å². The molecule has 20 heavy (non-hydrogen) atoms. The smallest absolute Gasteiger partial charge is 0.377 e. The van der Waals surface area contributed by atoms with Gasteiger partial charge in [-0.25, -0.2) is 9.13 Å². The number of nitrogens with zero attached hydrogens (tertiary/aromatic N) is 2. The maximum Gasteiger partial charge on any atom is 0.500 e. The Morgan fingerprint density at radius 3 is 2.30 bits per heavy atom. The molecule has 116 valence electrons. The van der Waals surface area contributed by atoms with Crippen molar-refractivity contribution in [1.29, 1.82) is 0 Å². The van der Waals surface area contributed by atoms with Gasteiger partial charge in [0.1, 0.15) is 12.4 Å². The highest BCUT2D eigenvalue weighted by Gasteiger charge is 2.36. The maximum atomic E-state index is 5.40. The molecular formula is C13H27N2O3SSi+. The number of imidazole rings is 1. The molecule has 0 bridgehead atoms. The molecule has 0 unspecified atom stereocenters. The monoisotopic (exact) mass is 319 g/mol. The molecular weight excluding hydrogens is 292 g/mol. The van der Waals surface area contributed by atoms with E-state index in [9.17, 15) is 0 Å². The second kappa shape index (κ2) is 9.57. The van der Waals surface area contributed by atoms with E-state index in [4.69, 9.17) is 13.3 Å². The van der Waals surface area contributed by atoms with E-state index in [2.05, 4.69) is 27.9 Å². The van der Waals surface area contributed by atoms with Crippen LogP contribution < -0.4 is 4.57 Å². The molecule has 5 nitrogen and oxygen atoms in total. The normalized spacial score (nSPS) is 12.0. The molecule has 0 saturated heterocycles. The highest BCUT2D eigenvalue weighted by Crippen LogP contribution is 2.17. The molecule has 0 N–H and O–H groups in total. The molecule has 0 fully saturated rings. The average molecular weight is 320 g/mol. The van der Waals surface area contributed by atoms with Crippen molar-refractivity contribution in [2.24, 2.45) is 7.05 Å². The SMILES string of the molecule is CO[Si](CCCSCCCn1cc[n+](C)c1)(OC)OC. The lowest BCUT2D eigenvalue weighted by Gasteiger charge is -2.24. The van der Waals surface area contributed by atoms with Gasteiger partial charge in [-0.15, -0.1) is 0 Å². The van der Waals surface area contributed by atoms with Crippen LogP contribution in [0.4, 0.5) is 0 Å². The van der Waals surface area contributed by atoms with E-state index in [0.717, 1.165) is 24.8 Å². The van der Waals surface area contributed by atoms with E-state index in [0.29, 0.717) is 0 Å². The number of aromatic nitrogens is 2. The molecule has 0 aromatic carbocycles. The van der Waals surface area contributed by atoms with Crippen LogP contribution in [0.3, 0.4) is 0 Å². The number of thioether (sulfide) groups is 1. The third-order valence-corrected chi connectivity index (χ3v) is 7.22. The molecule has 0 amide bonds. The molecule has 1 heterocycles. The van der Waals surface area contributed by atoms with Crippen LogP contribution in [0.15, 0.2) is 18.7 Å². The fourth-order valence-corrected chi connectivity index (χ4v) is 4.90. The Labute approximate surface area is 127 Å². The number of rotatable bonds is 11. The number of hydrogen-bond acceptors (Lipinski definition) is 4. The number of aryl methyl sites for hydroxylation is 2. The van der Waals surface area contributed by atoms with Gasteiger partial charge >= 0.3 is 8.80 Å². The maximum absolute atomic E-state index is 5.40. The topological polar surface area (TPSA) is 36.5 Å². The lowest BCUT2D eigenvalue weighted by Crippen LogP contribution is -2.42. The average Bonchev–Trinajstić information content (AvgIpc) is 2.88. The Hall–Kier alpha value is -0.343. The third kappa shape index (κ3) is 5.97. The van der Waals surface area contributed by atoms with E-state index in [1.165, 1.54) is 12.2 Å². The second-order valence-electron chi connectivity index (χ2n) is 4.68. The summed E-state index contributed by atoms with van der Waals surface area (Å²) < 4.78 is 20.5. The fourth-order valence-electron chi connectivity index (χ4n) is 2.03. The first-order valence-electron chi connectivity index (χ1n) is 6.90. The molecule has 0 aliphatic carbocycles. The van der Waals surface area contributed by atoms with Crippen LogP contribution in [0.25, 0.3) is 0 Å². The highest BCUT2D eigenvalue weighted by atomic mass is 32.2. The summed E-state index contributed by atoms with van der Waals surface area (Å²) in [6.07, 6.45) is 8.56. The van der Waals surface area contributed by atoms with E-state index >= 15 is 0 Å². The van der Waals surface area contributed by atoms with Crippen LogP contribution in [0, 0.1) is 0 Å². The van der Waals surface area contributed by atoms with Crippen molar-refractivity contribution in [3.8, 4) is 0 Å². The summed E-state index contributed by atoms with van der Waals surface area (Å²) in [7, 11) is 4.70. The van der Waals surface area contributed by atoms with Crippen molar-refractivity contribution < 1.29 is 17.8 Å². The lowest BCUT2D eigenvalue weighted by molar-refractivity contribution is -0.671. The standard InChI is InChI=1S/C13H27N2O3SSi/c1-14-8-9-15(13-14)7-5-10-19-11-6-12-20(16-2,17-3)18-4/h8-9,13H,5-7,10-12H2,1-4H3/q+1. The van der Waals surface area contributed by atoms with Crippen molar-refractivity contribution in [2.45, 2.75) is 25.4 Å². The Balaban J connectivity index is 2.04. The van der Waals surface area contributed by atoms with Crippen molar-refractivity contribution in [3.05, 3.63) is 18.7 Å². The van der Waals surface area contributed by atoms with Gasteiger partial charge in [0.15, 0.2) is 0 Å². The van der Waals surface area contributed by atoms with Crippen molar-refractivity contribution in [2.75, 3.05) is 32.8 Å². The molecule has 0 aliphatic rings. The fraction of sp³-hybridized carbons (Fsp3) is 0.769. The zero-order chi connectivity index (χ0) is 14.8. The molecule has 1 aromatic heterocycles. The molecule has 1 aromatic rings. The summed E-state index contributed by atoms with van der Waals surface area (Å²) in [6.45, 7) is 1.08. The molecule has 0 atom stereocenters. The predicted octanol–water partition coefficient (Wildman–Crippen LogP) is 1.70. The molecule has 0 radical (unpaired) electrons. The predicted molar refractivity (Wildman–Crippen MR) is 83.8 cm³/mol. The first-order chi connectivity index (χ1) is 9.65. The summed E-state index contributed by atoms with van der Waals surface area (Å²) in [5, 5.41) is 0. The molecule has 0 saturated carbocycles. The van der Waals surface area contributed by atoms with Crippen molar-refractivity contribution >= 4 is 20.6 Å².